The van der Waals surface area contributed by atoms with Crippen molar-refractivity contribution in [1.82, 2.24) is 4.90 Å². The highest BCUT2D eigenvalue weighted by Crippen LogP contribution is 2.39. The van der Waals surface area contributed by atoms with E-state index in [0.717, 1.165) is 44.8 Å². The molecule has 186 valence electrons. The van der Waals surface area contributed by atoms with Crippen molar-refractivity contribution in [2.24, 2.45) is 0 Å². The molecule has 0 aromatic heterocycles. The van der Waals surface area contributed by atoms with E-state index in [1.807, 2.05) is 80.8 Å². The molecular formula is C28H28BrN3O4. The number of benzene rings is 3. The predicted octanol–water partition coefficient (Wildman–Crippen LogP) is 5.34. The lowest BCUT2D eigenvalue weighted by atomic mass is 9.98. The summed E-state index contributed by atoms with van der Waals surface area (Å²) < 4.78 is 6.67. The minimum atomic E-state index is -0.848. The summed E-state index contributed by atoms with van der Waals surface area (Å²) in [6.07, 6.45) is 0.440. The van der Waals surface area contributed by atoms with E-state index < -0.39 is 5.97 Å². The first-order valence-corrected chi connectivity index (χ1v) is 12.4. The van der Waals surface area contributed by atoms with Crippen molar-refractivity contribution in [2.45, 2.75) is 12.8 Å². The number of carboxylic acids is 1. The molecule has 0 unspecified atom stereocenters. The summed E-state index contributed by atoms with van der Waals surface area (Å²) in [5.41, 5.74) is 5.18. The summed E-state index contributed by atoms with van der Waals surface area (Å²) in [5, 5.41) is 15.5. The molecule has 3 aromatic rings. The highest BCUT2D eigenvalue weighted by Gasteiger charge is 2.28. The Morgan fingerprint density at radius 2 is 1.86 bits per heavy atom. The van der Waals surface area contributed by atoms with Crippen LogP contribution in [0.5, 0.6) is 5.75 Å². The summed E-state index contributed by atoms with van der Waals surface area (Å²) in [7, 11) is 4.00. The van der Waals surface area contributed by atoms with Crippen molar-refractivity contribution in [3.05, 3.63) is 87.9 Å². The molecule has 3 N–H and O–H groups in total. The minimum absolute atomic E-state index is 0.0371. The van der Waals surface area contributed by atoms with Crippen LogP contribution >= 0.6 is 15.9 Å². The quantitative estimate of drug-likeness (QED) is 0.296. The monoisotopic (exact) mass is 549 g/mol. The van der Waals surface area contributed by atoms with Crippen LogP contribution in [0.2, 0.25) is 0 Å². The standard InChI is InChI=1S/C28H28BrN3O4/c1-32(2)14-15-36-22-10-8-21(9-11-22)30-27(19-5-3-4-18(16-19)6-13-25(33)34)26-23-12-7-20(29)17-24(23)31-28(26)35/h3-5,7-12,16-17,30H,6,13-15H2,1-2H3,(H,31,35)(H,33,34). The van der Waals surface area contributed by atoms with E-state index in [-0.39, 0.29) is 12.3 Å². The number of nitrogens with zero attached hydrogens (tertiary/aromatic N) is 1. The van der Waals surface area contributed by atoms with Gasteiger partial charge in [0.1, 0.15) is 12.4 Å². The molecule has 0 saturated heterocycles. The maximum Gasteiger partial charge on any atom is 0.303 e. The first kappa shape index (κ1) is 25.5. The van der Waals surface area contributed by atoms with Crippen molar-refractivity contribution in [3.8, 4) is 5.75 Å². The summed E-state index contributed by atoms with van der Waals surface area (Å²) in [6, 6.07) is 20.9. The Bertz CT molecular complexity index is 1300. The average Bonchev–Trinajstić information content (AvgIpc) is 3.16. The molecule has 8 heteroatoms. The highest BCUT2D eigenvalue weighted by molar-refractivity contribution is 9.10. The maximum absolute atomic E-state index is 13.1. The van der Waals surface area contributed by atoms with E-state index in [1.165, 1.54) is 0 Å². The molecule has 0 bridgehead atoms. The van der Waals surface area contributed by atoms with Crippen LogP contribution in [0.3, 0.4) is 0 Å². The number of carbonyl (C=O) groups is 2. The summed E-state index contributed by atoms with van der Waals surface area (Å²) >= 11 is 3.47. The largest absolute Gasteiger partial charge is 0.492 e. The number of halogens is 1. The highest BCUT2D eigenvalue weighted by atomic mass is 79.9. The normalized spacial score (nSPS) is 13.8. The molecule has 0 spiro atoms. The zero-order valence-corrected chi connectivity index (χ0v) is 21.8. The zero-order chi connectivity index (χ0) is 25.7. The van der Waals surface area contributed by atoms with Crippen molar-refractivity contribution in [2.75, 3.05) is 37.9 Å². The van der Waals surface area contributed by atoms with Gasteiger partial charge in [-0.2, -0.15) is 0 Å². The number of rotatable bonds is 10. The SMILES string of the molecule is CN(C)CCOc1ccc(NC(=C2C(=O)Nc3cc(Br)ccc32)c2cccc(CCC(=O)O)c2)cc1. The second kappa shape index (κ2) is 11.4. The smallest absolute Gasteiger partial charge is 0.303 e. The van der Waals surface area contributed by atoms with Crippen LogP contribution in [-0.4, -0.2) is 49.1 Å². The Balaban J connectivity index is 1.70. The van der Waals surface area contributed by atoms with E-state index in [1.54, 1.807) is 0 Å². The Morgan fingerprint density at radius 1 is 1.08 bits per heavy atom. The van der Waals surface area contributed by atoms with Gasteiger partial charge >= 0.3 is 5.97 Å². The summed E-state index contributed by atoms with van der Waals surface area (Å²) in [6.45, 7) is 1.41. The van der Waals surface area contributed by atoms with Crippen LogP contribution in [0.1, 0.15) is 23.1 Å². The van der Waals surface area contributed by atoms with Gasteiger partial charge in [-0.15, -0.1) is 0 Å². The van der Waals surface area contributed by atoms with E-state index in [0.29, 0.717) is 24.3 Å². The van der Waals surface area contributed by atoms with Gasteiger partial charge in [0.25, 0.3) is 5.91 Å². The zero-order valence-electron chi connectivity index (χ0n) is 20.2. The Morgan fingerprint density at radius 3 is 2.58 bits per heavy atom. The van der Waals surface area contributed by atoms with Crippen molar-refractivity contribution >= 4 is 50.5 Å². The number of hydrogen-bond acceptors (Lipinski definition) is 5. The van der Waals surface area contributed by atoms with E-state index in [2.05, 4.69) is 31.5 Å². The molecular weight excluding hydrogens is 522 g/mol. The fourth-order valence-electron chi connectivity index (χ4n) is 3.93. The lowest BCUT2D eigenvalue weighted by Crippen LogP contribution is -2.19. The van der Waals surface area contributed by atoms with Gasteiger partial charge in [0, 0.05) is 28.7 Å². The molecule has 4 rings (SSSR count). The molecule has 36 heavy (non-hydrogen) atoms. The number of fused-ring (bicyclic) bond motifs is 1. The molecule has 1 heterocycles. The van der Waals surface area contributed by atoms with Crippen LogP contribution in [-0.2, 0) is 16.0 Å². The van der Waals surface area contributed by atoms with Crippen LogP contribution in [0, 0.1) is 0 Å². The van der Waals surface area contributed by atoms with Crippen molar-refractivity contribution in [1.29, 1.82) is 0 Å². The van der Waals surface area contributed by atoms with Crippen LogP contribution in [0.25, 0.3) is 11.3 Å². The second-order valence-corrected chi connectivity index (χ2v) is 9.70. The van der Waals surface area contributed by atoms with Crippen LogP contribution in [0.15, 0.2) is 71.2 Å². The molecule has 0 saturated carbocycles. The number of nitrogens with one attached hydrogen (secondary N) is 2. The minimum Gasteiger partial charge on any atom is -0.492 e. The third-order valence-electron chi connectivity index (χ3n) is 5.75. The van der Waals surface area contributed by atoms with Gasteiger partial charge in [-0.25, -0.2) is 0 Å². The number of ether oxygens (including phenoxy) is 1. The number of carboxylic acid groups (broad SMARTS) is 1. The number of hydrogen-bond donors (Lipinski definition) is 3. The summed E-state index contributed by atoms with van der Waals surface area (Å²) in [4.78, 5) is 26.3. The predicted molar refractivity (Wildman–Crippen MR) is 146 cm³/mol. The molecule has 0 fully saturated rings. The second-order valence-electron chi connectivity index (χ2n) is 8.79. The molecule has 0 aliphatic carbocycles. The fraction of sp³-hybridized carbons (Fsp3) is 0.214. The van der Waals surface area contributed by atoms with Gasteiger partial charge in [-0.05, 0) is 74.1 Å². The molecule has 0 atom stereocenters. The molecule has 1 aliphatic heterocycles. The van der Waals surface area contributed by atoms with Crippen LogP contribution < -0.4 is 15.4 Å². The number of aliphatic carboxylic acids is 1. The molecule has 7 nitrogen and oxygen atoms in total. The number of aryl methyl sites for hydroxylation is 1. The Kier molecular flexibility index (Phi) is 8.07. The average molecular weight is 550 g/mol. The van der Waals surface area contributed by atoms with E-state index in [4.69, 9.17) is 9.84 Å². The van der Waals surface area contributed by atoms with Gasteiger partial charge in [-0.3, -0.25) is 9.59 Å². The van der Waals surface area contributed by atoms with Gasteiger partial charge in [0.2, 0.25) is 0 Å². The number of anilines is 2. The van der Waals surface area contributed by atoms with E-state index in [9.17, 15) is 9.59 Å². The fourth-order valence-corrected chi connectivity index (χ4v) is 4.29. The molecule has 0 radical (unpaired) electrons. The van der Waals surface area contributed by atoms with E-state index >= 15 is 0 Å². The topological polar surface area (TPSA) is 90.9 Å². The van der Waals surface area contributed by atoms with Crippen LogP contribution in [0.4, 0.5) is 11.4 Å². The van der Waals surface area contributed by atoms with Crippen molar-refractivity contribution in [3.63, 3.8) is 0 Å². The third-order valence-corrected chi connectivity index (χ3v) is 6.24. The van der Waals surface area contributed by atoms with Gasteiger partial charge in [-0.1, -0.05) is 40.2 Å². The van der Waals surface area contributed by atoms with Gasteiger partial charge < -0.3 is 25.4 Å². The maximum atomic E-state index is 13.1. The van der Waals surface area contributed by atoms with Crippen molar-refractivity contribution < 1.29 is 19.4 Å². The number of amides is 1. The molecule has 1 amide bonds. The first-order chi connectivity index (χ1) is 17.3. The Labute approximate surface area is 218 Å². The number of likely N-dealkylation sites (N-methyl/N-ethyl adjacent to an activating group) is 1. The summed E-state index contributed by atoms with van der Waals surface area (Å²) in [5.74, 6) is -0.286. The third kappa shape index (κ3) is 6.33. The first-order valence-electron chi connectivity index (χ1n) is 11.6. The van der Waals surface area contributed by atoms with Gasteiger partial charge in [0.05, 0.1) is 17.0 Å². The van der Waals surface area contributed by atoms with Gasteiger partial charge in [0.15, 0.2) is 0 Å². The molecule has 3 aromatic carbocycles. The lowest BCUT2D eigenvalue weighted by Gasteiger charge is -2.16. The number of carbonyl (C=O) groups excluding carboxylic acids is 1. The lowest BCUT2D eigenvalue weighted by molar-refractivity contribution is -0.137. The molecule has 1 aliphatic rings. The Hall–Kier alpha value is -3.62.